The lowest BCUT2D eigenvalue weighted by Gasteiger charge is -2.28. The first-order chi connectivity index (χ1) is 15.9. The third kappa shape index (κ3) is 2.98. The van der Waals surface area contributed by atoms with Gasteiger partial charge in [0.05, 0.1) is 0 Å². The maximum Gasteiger partial charge on any atom is 0.0170 e. The summed E-state index contributed by atoms with van der Waals surface area (Å²) in [6, 6.07) is 34.1. The second kappa shape index (κ2) is 7.95. The van der Waals surface area contributed by atoms with Crippen LogP contribution in [0, 0.1) is 0 Å². The van der Waals surface area contributed by atoms with Gasteiger partial charge >= 0.3 is 0 Å². The summed E-state index contributed by atoms with van der Waals surface area (Å²) in [5.41, 5.74) is 13.2. The van der Waals surface area contributed by atoms with E-state index in [1.807, 2.05) is 0 Å². The van der Waals surface area contributed by atoms with Gasteiger partial charge in [0.15, 0.2) is 0 Å². The topological polar surface area (TPSA) is 0 Å². The fourth-order valence-electron chi connectivity index (χ4n) is 6.14. The molecule has 0 aromatic heterocycles. The zero-order valence-electron chi connectivity index (χ0n) is 18.4. The Morgan fingerprint density at radius 2 is 1.34 bits per heavy atom. The molecule has 0 saturated heterocycles. The lowest BCUT2D eigenvalue weighted by atomic mass is 9.75. The largest absolute Gasteiger partial charge is 0.103 e. The quantitative estimate of drug-likeness (QED) is 0.194. The van der Waals surface area contributed by atoms with Crippen molar-refractivity contribution in [3.63, 3.8) is 0 Å². The summed E-state index contributed by atoms with van der Waals surface area (Å²) >= 11 is 0. The highest BCUT2D eigenvalue weighted by Crippen LogP contribution is 2.54. The molecule has 156 valence electrons. The van der Waals surface area contributed by atoms with Gasteiger partial charge in [0.2, 0.25) is 0 Å². The van der Waals surface area contributed by atoms with E-state index in [1.165, 1.54) is 51.8 Å². The van der Waals surface area contributed by atoms with Crippen molar-refractivity contribution in [3.05, 3.63) is 131 Å². The van der Waals surface area contributed by atoms with E-state index in [9.17, 15) is 0 Å². The number of fused-ring (bicyclic) bond motifs is 6. The van der Waals surface area contributed by atoms with Crippen molar-refractivity contribution in [3.8, 4) is 22.3 Å². The summed E-state index contributed by atoms with van der Waals surface area (Å²) in [7, 11) is 0. The summed E-state index contributed by atoms with van der Waals surface area (Å²) in [6.45, 7) is 3.98. The molecule has 0 N–H and O–H groups in total. The predicted octanol–water partition coefficient (Wildman–Crippen LogP) is 8.51. The molecular formula is C32H28. The molecule has 0 bridgehead atoms. The lowest BCUT2D eigenvalue weighted by molar-refractivity contribution is 0.543. The monoisotopic (exact) mass is 412 g/mol. The first kappa shape index (κ1) is 19.3. The molecule has 2 aliphatic rings. The van der Waals surface area contributed by atoms with E-state index < -0.39 is 0 Å². The molecule has 0 nitrogen and oxygen atoms in total. The maximum absolute atomic E-state index is 3.98. The van der Waals surface area contributed by atoms with Crippen LogP contribution in [0.2, 0.25) is 0 Å². The SMILES string of the molecule is C=CCCCC(c1cccc2c1Cc1ccccc1-2)C1c2ccccc2-c2ccccc21. The molecule has 4 aromatic carbocycles. The van der Waals surface area contributed by atoms with E-state index in [0.717, 1.165) is 12.8 Å². The third-order valence-electron chi connectivity index (χ3n) is 7.49. The summed E-state index contributed by atoms with van der Waals surface area (Å²) in [5, 5.41) is 0. The van der Waals surface area contributed by atoms with E-state index in [0.29, 0.717) is 11.8 Å². The Hall–Kier alpha value is -3.38. The second-order valence-electron chi connectivity index (χ2n) is 9.19. The van der Waals surface area contributed by atoms with Gasteiger partial charge in [-0.3, -0.25) is 0 Å². The number of hydrogen-bond donors (Lipinski definition) is 0. The third-order valence-corrected chi connectivity index (χ3v) is 7.49. The second-order valence-corrected chi connectivity index (χ2v) is 9.19. The normalized spacial score (nSPS) is 14.4. The fourth-order valence-corrected chi connectivity index (χ4v) is 6.14. The molecule has 1 atom stereocenters. The highest BCUT2D eigenvalue weighted by molar-refractivity contribution is 5.81. The predicted molar refractivity (Wildman–Crippen MR) is 135 cm³/mol. The molecular weight excluding hydrogens is 384 g/mol. The Morgan fingerprint density at radius 1 is 0.719 bits per heavy atom. The van der Waals surface area contributed by atoms with Gasteiger partial charge < -0.3 is 0 Å². The number of unbranched alkanes of at least 4 members (excludes halogenated alkanes) is 1. The fraction of sp³-hybridized carbons (Fsp3) is 0.188. The van der Waals surface area contributed by atoms with Crippen molar-refractivity contribution < 1.29 is 0 Å². The molecule has 1 unspecified atom stereocenters. The molecule has 0 amide bonds. The molecule has 0 radical (unpaired) electrons. The van der Waals surface area contributed by atoms with Gasteiger partial charge in [0.1, 0.15) is 0 Å². The lowest BCUT2D eigenvalue weighted by Crippen LogP contribution is -2.13. The summed E-state index contributed by atoms with van der Waals surface area (Å²) < 4.78 is 0. The van der Waals surface area contributed by atoms with Crippen molar-refractivity contribution in [2.45, 2.75) is 37.5 Å². The minimum Gasteiger partial charge on any atom is -0.103 e. The van der Waals surface area contributed by atoms with Crippen molar-refractivity contribution in [1.82, 2.24) is 0 Å². The van der Waals surface area contributed by atoms with Gasteiger partial charge in [-0.15, -0.1) is 6.58 Å². The van der Waals surface area contributed by atoms with Crippen LogP contribution in [-0.4, -0.2) is 0 Å². The zero-order chi connectivity index (χ0) is 21.5. The van der Waals surface area contributed by atoms with Gasteiger partial charge in [0, 0.05) is 5.92 Å². The van der Waals surface area contributed by atoms with Gasteiger partial charge in [-0.1, -0.05) is 97.1 Å². The van der Waals surface area contributed by atoms with Crippen LogP contribution in [0.4, 0.5) is 0 Å². The smallest absolute Gasteiger partial charge is 0.0170 e. The van der Waals surface area contributed by atoms with Gasteiger partial charge in [-0.05, 0) is 81.7 Å². The van der Waals surface area contributed by atoms with Crippen LogP contribution in [0.3, 0.4) is 0 Å². The van der Waals surface area contributed by atoms with Gasteiger partial charge in [0.25, 0.3) is 0 Å². The summed E-state index contributed by atoms with van der Waals surface area (Å²) in [4.78, 5) is 0. The summed E-state index contributed by atoms with van der Waals surface area (Å²) in [6.07, 6.45) is 6.54. The Kier molecular flexibility index (Phi) is 4.80. The molecule has 4 aromatic rings. The molecule has 0 heterocycles. The van der Waals surface area contributed by atoms with E-state index >= 15 is 0 Å². The number of benzene rings is 4. The van der Waals surface area contributed by atoms with Crippen LogP contribution in [-0.2, 0) is 6.42 Å². The van der Waals surface area contributed by atoms with E-state index in [1.54, 1.807) is 11.1 Å². The van der Waals surface area contributed by atoms with Crippen molar-refractivity contribution in [1.29, 1.82) is 0 Å². The molecule has 6 rings (SSSR count). The van der Waals surface area contributed by atoms with E-state index in [-0.39, 0.29) is 0 Å². The highest BCUT2D eigenvalue weighted by atomic mass is 14.4. The van der Waals surface area contributed by atoms with Gasteiger partial charge in [-0.2, -0.15) is 0 Å². The molecule has 0 heteroatoms. The average molecular weight is 413 g/mol. The molecule has 0 saturated carbocycles. The average Bonchev–Trinajstić information content (AvgIpc) is 3.38. The van der Waals surface area contributed by atoms with Crippen molar-refractivity contribution in [2.24, 2.45) is 0 Å². The first-order valence-corrected chi connectivity index (χ1v) is 11.9. The molecule has 0 fully saturated rings. The minimum absolute atomic E-state index is 0.405. The standard InChI is InChI=1S/C32H28/c1-2-3-4-16-30(27-20-11-19-24-23-13-6-5-12-22(23)21-31(24)27)32-28-17-9-7-14-25(28)26-15-8-10-18-29(26)32/h2,5-15,17-20,30,32H,1,3-4,16,21H2. The molecule has 32 heavy (non-hydrogen) atoms. The van der Waals surface area contributed by atoms with Crippen LogP contribution in [0.1, 0.15) is 58.9 Å². The number of hydrogen-bond acceptors (Lipinski definition) is 0. The van der Waals surface area contributed by atoms with Crippen LogP contribution in [0.5, 0.6) is 0 Å². The summed E-state index contributed by atoms with van der Waals surface area (Å²) in [5.74, 6) is 0.867. The first-order valence-electron chi connectivity index (χ1n) is 11.9. The van der Waals surface area contributed by atoms with Crippen LogP contribution in [0.15, 0.2) is 104 Å². The molecule has 0 spiro atoms. The number of allylic oxidation sites excluding steroid dienone is 1. The minimum atomic E-state index is 0.405. The van der Waals surface area contributed by atoms with E-state index in [2.05, 4.69) is 104 Å². The van der Waals surface area contributed by atoms with E-state index in [4.69, 9.17) is 0 Å². The van der Waals surface area contributed by atoms with Crippen LogP contribution >= 0.6 is 0 Å². The Labute approximate surface area is 191 Å². The highest BCUT2D eigenvalue weighted by Gasteiger charge is 2.36. The zero-order valence-corrected chi connectivity index (χ0v) is 18.4. The van der Waals surface area contributed by atoms with Crippen molar-refractivity contribution in [2.75, 3.05) is 0 Å². The number of rotatable bonds is 6. The molecule has 2 aliphatic carbocycles. The Balaban J connectivity index is 1.52. The van der Waals surface area contributed by atoms with Crippen LogP contribution < -0.4 is 0 Å². The Morgan fingerprint density at radius 3 is 2.06 bits per heavy atom. The van der Waals surface area contributed by atoms with Crippen molar-refractivity contribution >= 4 is 0 Å². The van der Waals surface area contributed by atoms with Gasteiger partial charge in [-0.25, -0.2) is 0 Å². The Bertz CT molecular complexity index is 1260. The van der Waals surface area contributed by atoms with Crippen LogP contribution in [0.25, 0.3) is 22.3 Å². The molecule has 0 aliphatic heterocycles. The maximum atomic E-state index is 3.98.